The first-order valence-corrected chi connectivity index (χ1v) is 6.65. The van der Waals surface area contributed by atoms with Gasteiger partial charge in [-0.1, -0.05) is 13.8 Å². The Morgan fingerprint density at radius 2 is 1.85 bits per heavy atom. The monoisotopic (exact) mass is 276 g/mol. The van der Waals surface area contributed by atoms with Crippen LogP contribution in [0.5, 0.6) is 0 Å². The molecule has 1 aromatic heterocycles. The summed E-state index contributed by atoms with van der Waals surface area (Å²) in [6.07, 6.45) is -0.248. The van der Waals surface area contributed by atoms with Crippen LogP contribution in [0.1, 0.15) is 57.8 Å². The molecule has 0 aliphatic carbocycles. The van der Waals surface area contributed by atoms with Crippen molar-refractivity contribution in [2.45, 2.75) is 52.7 Å². The van der Waals surface area contributed by atoms with Gasteiger partial charge in [0.05, 0.1) is 6.10 Å². The van der Waals surface area contributed by atoms with Crippen molar-refractivity contribution in [1.82, 2.24) is 4.57 Å². The number of hydrogen-bond donors (Lipinski definition) is 0. The first-order chi connectivity index (χ1) is 9.29. The van der Waals surface area contributed by atoms with Crippen molar-refractivity contribution in [3.8, 4) is 6.07 Å². The third-order valence-corrected chi connectivity index (χ3v) is 2.94. The van der Waals surface area contributed by atoms with Crippen LogP contribution < -0.4 is 5.56 Å². The number of ether oxygens (including phenoxy) is 1. The normalized spacial score (nSPS) is 12.3. The molecule has 1 atom stereocenters. The van der Waals surface area contributed by atoms with Crippen molar-refractivity contribution in [1.29, 1.82) is 5.26 Å². The van der Waals surface area contributed by atoms with E-state index in [1.54, 1.807) is 26.8 Å². The molecule has 0 saturated carbocycles. The van der Waals surface area contributed by atoms with Gasteiger partial charge >= 0.3 is 5.97 Å². The Morgan fingerprint density at radius 1 is 1.25 bits per heavy atom. The summed E-state index contributed by atoms with van der Waals surface area (Å²) in [7, 11) is 0. The third kappa shape index (κ3) is 3.27. The van der Waals surface area contributed by atoms with Gasteiger partial charge in [0.15, 0.2) is 0 Å². The average molecular weight is 276 g/mol. The second-order valence-corrected chi connectivity index (χ2v) is 5.28. The molecule has 0 aromatic carbocycles. The van der Waals surface area contributed by atoms with Crippen LogP contribution in [0.2, 0.25) is 0 Å². The molecule has 0 amide bonds. The van der Waals surface area contributed by atoms with Gasteiger partial charge in [-0.15, -0.1) is 0 Å². The second-order valence-electron chi connectivity index (χ2n) is 5.28. The smallest absolute Gasteiger partial charge is 0.329 e. The lowest BCUT2D eigenvalue weighted by molar-refractivity contribution is -0.151. The van der Waals surface area contributed by atoms with Crippen molar-refractivity contribution in [3.05, 3.63) is 33.7 Å². The van der Waals surface area contributed by atoms with Crippen molar-refractivity contribution in [2.75, 3.05) is 0 Å². The molecule has 5 nitrogen and oxygen atoms in total. The summed E-state index contributed by atoms with van der Waals surface area (Å²) in [4.78, 5) is 24.3. The molecular weight excluding hydrogens is 256 g/mol. The maximum Gasteiger partial charge on any atom is 0.329 e. The molecule has 0 aliphatic heterocycles. The van der Waals surface area contributed by atoms with Gasteiger partial charge in [-0.3, -0.25) is 9.36 Å². The van der Waals surface area contributed by atoms with Gasteiger partial charge in [-0.2, -0.15) is 5.26 Å². The molecule has 108 valence electrons. The molecule has 0 aliphatic rings. The highest BCUT2D eigenvalue weighted by molar-refractivity contribution is 5.74. The first-order valence-electron chi connectivity index (χ1n) is 6.65. The SMILES string of the molecule is CC(C)OC(=O)C(C)n1c(C(C)C)ccc(C#N)c1=O. The van der Waals surface area contributed by atoms with E-state index in [9.17, 15) is 9.59 Å². The summed E-state index contributed by atoms with van der Waals surface area (Å²) < 4.78 is 6.50. The van der Waals surface area contributed by atoms with Gasteiger partial charge in [-0.05, 0) is 38.8 Å². The summed E-state index contributed by atoms with van der Waals surface area (Å²) in [6.45, 7) is 8.97. The number of carbonyl (C=O) groups is 1. The summed E-state index contributed by atoms with van der Waals surface area (Å²) in [5.74, 6) is -0.413. The maximum atomic E-state index is 12.3. The van der Waals surface area contributed by atoms with Crippen molar-refractivity contribution in [3.63, 3.8) is 0 Å². The first kappa shape index (κ1) is 16.0. The zero-order valence-electron chi connectivity index (χ0n) is 12.5. The number of nitrogens with zero attached hydrogens (tertiary/aromatic N) is 2. The van der Waals surface area contributed by atoms with E-state index in [4.69, 9.17) is 10.00 Å². The molecule has 0 fully saturated rings. The molecule has 1 heterocycles. The Labute approximate surface area is 118 Å². The van der Waals surface area contributed by atoms with Crippen LogP contribution in [0.25, 0.3) is 0 Å². The standard InChI is InChI=1S/C15H20N2O3/c1-9(2)13-7-6-12(8-16)14(18)17(13)11(5)15(19)20-10(3)4/h6-7,9-11H,1-5H3. The fraction of sp³-hybridized carbons (Fsp3) is 0.533. The van der Waals surface area contributed by atoms with Crippen LogP contribution in [0, 0.1) is 11.3 Å². The lowest BCUT2D eigenvalue weighted by atomic mass is 10.1. The zero-order chi connectivity index (χ0) is 15.4. The van der Waals surface area contributed by atoms with E-state index in [-0.39, 0.29) is 17.6 Å². The van der Waals surface area contributed by atoms with Crippen LogP contribution in [-0.2, 0) is 9.53 Å². The molecule has 20 heavy (non-hydrogen) atoms. The van der Waals surface area contributed by atoms with E-state index >= 15 is 0 Å². The van der Waals surface area contributed by atoms with E-state index in [0.29, 0.717) is 5.69 Å². The Balaban J connectivity index is 3.38. The van der Waals surface area contributed by atoms with Crippen LogP contribution >= 0.6 is 0 Å². The van der Waals surface area contributed by atoms with Gasteiger partial charge in [-0.25, -0.2) is 4.79 Å². The van der Waals surface area contributed by atoms with Crippen molar-refractivity contribution >= 4 is 5.97 Å². The molecular formula is C15H20N2O3. The number of esters is 1. The van der Waals surface area contributed by atoms with Crippen LogP contribution in [0.15, 0.2) is 16.9 Å². The average Bonchev–Trinajstić information content (AvgIpc) is 2.36. The van der Waals surface area contributed by atoms with Crippen molar-refractivity contribution < 1.29 is 9.53 Å². The van der Waals surface area contributed by atoms with Gasteiger partial charge in [0.1, 0.15) is 17.7 Å². The number of aromatic nitrogens is 1. The lowest BCUT2D eigenvalue weighted by Crippen LogP contribution is -2.34. The summed E-state index contributed by atoms with van der Waals surface area (Å²) in [5.41, 5.74) is 0.285. The number of nitriles is 1. The highest BCUT2D eigenvalue weighted by Gasteiger charge is 2.23. The van der Waals surface area contributed by atoms with Gasteiger partial charge in [0.2, 0.25) is 0 Å². The molecule has 0 saturated heterocycles. The van der Waals surface area contributed by atoms with E-state index in [2.05, 4.69) is 0 Å². The molecule has 1 unspecified atom stereocenters. The number of pyridine rings is 1. The minimum absolute atomic E-state index is 0.0265. The Hall–Kier alpha value is -2.09. The van der Waals surface area contributed by atoms with Crippen LogP contribution in [0.4, 0.5) is 0 Å². The van der Waals surface area contributed by atoms with Gasteiger partial charge in [0, 0.05) is 5.69 Å². The molecule has 1 rings (SSSR count). The third-order valence-electron chi connectivity index (χ3n) is 2.94. The predicted molar refractivity (Wildman–Crippen MR) is 75.4 cm³/mol. The van der Waals surface area contributed by atoms with E-state index < -0.39 is 17.6 Å². The number of rotatable bonds is 4. The van der Waals surface area contributed by atoms with Gasteiger partial charge < -0.3 is 4.74 Å². The largest absolute Gasteiger partial charge is 0.461 e. The van der Waals surface area contributed by atoms with Crippen LogP contribution in [-0.4, -0.2) is 16.6 Å². The number of carbonyl (C=O) groups excluding carboxylic acids is 1. The fourth-order valence-corrected chi connectivity index (χ4v) is 1.96. The van der Waals surface area contributed by atoms with Gasteiger partial charge in [0.25, 0.3) is 5.56 Å². The molecule has 0 bridgehead atoms. The Bertz CT molecular complexity index is 594. The molecule has 5 heteroatoms. The quantitative estimate of drug-likeness (QED) is 0.791. The predicted octanol–water partition coefficient (Wildman–Crippen LogP) is 2.36. The lowest BCUT2D eigenvalue weighted by Gasteiger charge is -2.21. The molecule has 0 spiro atoms. The Morgan fingerprint density at radius 3 is 2.30 bits per heavy atom. The van der Waals surface area contributed by atoms with E-state index in [1.807, 2.05) is 19.9 Å². The Kier molecular flexibility index (Phi) is 5.09. The van der Waals surface area contributed by atoms with E-state index in [0.717, 1.165) is 0 Å². The van der Waals surface area contributed by atoms with Crippen molar-refractivity contribution in [2.24, 2.45) is 0 Å². The fourth-order valence-electron chi connectivity index (χ4n) is 1.96. The van der Waals surface area contributed by atoms with E-state index in [1.165, 1.54) is 10.6 Å². The van der Waals surface area contributed by atoms with Crippen LogP contribution in [0.3, 0.4) is 0 Å². The highest BCUT2D eigenvalue weighted by atomic mass is 16.5. The highest BCUT2D eigenvalue weighted by Crippen LogP contribution is 2.18. The summed E-state index contributed by atoms with van der Waals surface area (Å²) in [6, 6.07) is 4.30. The molecule has 1 aromatic rings. The topological polar surface area (TPSA) is 72.1 Å². The minimum Gasteiger partial charge on any atom is -0.461 e. The summed E-state index contributed by atoms with van der Waals surface area (Å²) in [5, 5.41) is 8.96. The summed E-state index contributed by atoms with van der Waals surface area (Å²) >= 11 is 0. The maximum absolute atomic E-state index is 12.3. The number of hydrogen-bond acceptors (Lipinski definition) is 4. The minimum atomic E-state index is -0.754. The molecule has 0 N–H and O–H groups in total. The molecule has 0 radical (unpaired) electrons. The zero-order valence-corrected chi connectivity index (χ0v) is 12.5. The second kappa shape index (κ2) is 6.38.